The highest BCUT2D eigenvalue weighted by Gasteiger charge is 2.14. The molecule has 1 amide bonds. The molecule has 0 bridgehead atoms. The zero-order valence-electron chi connectivity index (χ0n) is 10.0. The Morgan fingerprint density at radius 2 is 2.22 bits per heavy atom. The van der Waals surface area contributed by atoms with E-state index in [0.717, 1.165) is 0 Å². The third-order valence-corrected chi connectivity index (χ3v) is 2.35. The summed E-state index contributed by atoms with van der Waals surface area (Å²) >= 11 is 0. The summed E-state index contributed by atoms with van der Waals surface area (Å²) in [6.07, 6.45) is 0. The van der Waals surface area contributed by atoms with Crippen molar-refractivity contribution < 1.29 is 19.8 Å². The molecule has 5 N–H and O–H groups in total. The molecule has 0 saturated carbocycles. The summed E-state index contributed by atoms with van der Waals surface area (Å²) in [5.74, 6) is -0.425. The lowest BCUT2D eigenvalue weighted by molar-refractivity contribution is 0.0948. The van der Waals surface area contributed by atoms with Crippen molar-refractivity contribution in [2.75, 3.05) is 7.11 Å². The van der Waals surface area contributed by atoms with E-state index < -0.39 is 11.9 Å². The Bertz CT molecular complexity index is 473. The molecule has 0 heterocycles. The number of phenols is 1. The molecule has 1 rings (SSSR count). The molecular formula is C11H15N3O4. The van der Waals surface area contributed by atoms with E-state index in [4.69, 9.17) is 15.7 Å². The van der Waals surface area contributed by atoms with E-state index in [1.807, 2.05) is 0 Å². The molecule has 0 aliphatic heterocycles. The lowest BCUT2D eigenvalue weighted by Crippen LogP contribution is -2.42. The summed E-state index contributed by atoms with van der Waals surface area (Å²) in [6, 6.07) is 3.62. The summed E-state index contributed by atoms with van der Waals surface area (Å²) < 4.78 is 4.86. The summed E-state index contributed by atoms with van der Waals surface area (Å²) in [6.45, 7) is 1.57. The molecule has 7 heteroatoms. The van der Waals surface area contributed by atoms with Crippen LogP contribution in [0.25, 0.3) is 0 Å². The summed E-state index contributed by atoms with van der Waals surface area (Å²) in [7, 11) is 1.41. The first-order chi connectivity index (χ1) is 8.49. The molecule has 0 spiro atoms. The van der Waals surface area contributed by atoms with Gasteiger partial charge in [0.2, 0.25) is 0 Å². The van der Waals surface area contributed by atoms with Crippen molar-refractivity contribution in [1.82, 2.24) is 5.32 Å². The lowest BCUT2D eigenvalue weighted by Gasteiger charge is -2.12. The number of phenolic OH excluding ortho intramolecular Hbond substituents is 1. The molecule has 18 heavy (non-hydrogen) atoms. The number of rotatable bonds is 4. The van der Waals surface area contributed by atoms with Gasteiger partial charge in [-0.2, -0.15) is 0 Å². The Labute approximate surface area is 104 Å². The normalized spacial score (nSPS) is 12.9. The molecule has 0 fully saturated rings. The van der Waals surface area contributed by atoms with Crippen molar-refractivity contribution in [1.29, 1.82) is 0 Å². The highest BCUT2D eigenvalue weighted by Crippen LogP contribution is 2.26. The van der Waals surface area contributed by atoms with E-state index in [9.17, 15) is 9.90 Å². The van der Waals surface area contributed by atoms with Crippen LogP contribution in [0.15, 0.2) is 23.4 Å². The van der Waals surface area contributed by atoms with Crippen LogP contribution in [0.3, 0.4) is 0 Å². The maximum absolute atomic E-state index is 11.8. The molecule has 0 saturated heterocycles. The van der Waals surface area contributed by atoms with Crippen molar-refractivity contribution in [2.45, 2.75) is 13.0 Å². The van der Waals surface area contributed by atoms with Crippen molar-refractivity contribution in [3.63, 3.8) is 0 Å². The highest BCUT2D eigenvalue weighted by atomic mass is 16.5. The monoisotopic (exact) mass is 253 g/mol. The Hall–Kier alpha value is -2.44. The number of carbonyl (C=O) groups is 1. The molecule has 7 nitrogen and oxygen atoms in total. The van der Waals surface area contributed by atoms with Gasteiger partial charge < -0.3 is 26.1 Å². The van der Waals surface area contributed by atoms with Gasteiger partial charge in [0.05, 0.1) is 13.2 Å². The number of hydrogen-bond donors (Lipinski definition) is 4. The molecule has 0 radical (unpaired) electrons. The Morgan fingerprint density at radius 3 is 2.72 bits per heavy atom. The van der Waals surface area contributed by atoms with Gasteiger partial charge in [-0.05, 0) is 25.1 Å². The number of oxime groups is 1. The molecule has 1 aromatic rings. The first-order valence-corrected chi connectivity index (χ1v) is 5.15. The predicted molar refractivity (Wildman–Crippen MR) is 65.0 cm³/mol. The van der Waals surface area contributed by atoms with Gasteiger partial charge in [-0.3, -0.25) is 4.79 Å². The van der Waals surface area contributed by atoms with Crippen LogP contribution in [0.4, 0.5) is 0 Å². The fourth-order valence-electron chi connectivity index (χ4n) is 1.27. The minimum atomic E-state index is -0.619. The fraction of sp³-hybridized carbons (Fsp3) is 0.273. The van der Waals surface area contributed by atoms with Gasteiger partial charge in [-0.1, -0.05) is 5.16 Å². The maximum atomic E-state index is 11.8. The standard InChI is InChI=1S/C11H15N3O4/c1-6(10(12)14-17)13-11(16)7-3-4-9(18-2)8(15)5-7/h3-6,15,17H,1-2H3,(H2,12,14)(H,13,16). The predicted octanol–water partition coefficient (Wildman–Crippen LogP) is 0.266. The quantitative estimate of drug-likeness (QED) is 0.266. The van der Waals surface area contributed by atoms with E-state index in [2.05, 4.69) is 10.5 Å². The zero-order chi connectivity index (χ0) is 13.7. The van der Waals surface area contributed by atoms with E-state index in [0.29, 0.717) is 0 Å². The first-order valence-electron chi connectivity index (χ1n) is 5.15. The number of amidine groups is 1. The number of carbonyl (C=O) groups excluding carboxylic acids is 1. The van der Waals surface area contributed by atoms with Gasteiger partial charge >= 0.3 is 0 Å². The number of benzene rings is 1. The molecule has 98 valence electrons. The number of nitrogens with zero attached hydrogens (tertiary/aromatic N) is 1. The number of nitrogens with two attached hydrogens (primary N) is 1. The summed E-state index contributed by atoms with van der Waals surface area (Å²) in [5, 5.41) is 23.3. The number of hydrogen-bond acceptors (Lipinski definition) is 5. The molecule has 1 atom stereocenters. The van der Waals surface area contributed by atoms with Crippen molar-refractivity contribution in [3.8, 4) is 11.5 Å². The zero-order valence-corrected chi connectivity index (χ0v) is 10.0. The molecular weight excluding hydrogens is 238 g/mol. The number of nitrogens with one attached hydrogen (secondary N) is 1. The summed E-state index contributed by atoms with van der Waals surface area (Å²) in [5.41, 5.74) is 5.58. The van der Waals surface area contributed by atoms with Gasteiger partial charge in [0.1, 0.15) is 0 Å². The Morgan fingerprint density at radius 1 is 1.56 bits per heavy atom. The SMILES string of the molecule is COc1ccc(C(=O)NC(C)C(N)=NO)cc1O. The first kappa shape index (κ1) is 13.6. The van der Waals surface area contributed by atoms with Crippen LogP contribution in [-0.4, -0.2) is 35.2 Å². The van der Waals surface area contributed by atoms with Gasteiger partial charge in [-0.15, -0.1) is 0 Å². The average Bonchev–Trinajstić information content (AvgIpc) is 2.37. The Kier molecular flexibility index (Phi) is 4.36. The maximum Gasteiger partial charge on any atom is 0.252 e. The van der Waals surface area contributed by atoms with Crippen LogP contribution in [-0.2, 0) is 0 Å². The third kappa shape index (κ3) is 3.03. The summed E-state index contributed by atoms with van der Waals surface area (Å²) in [4.78, 5) is 11.8. The molecule has 0 aromatic heterocycles. The largest absolute Gasteiger partial charge is 0.504 e. The number of methoxy groups -OCH3 is 1. The number of aromatic hydroxyl groups is 1. The topological polar surface area (TPSA) is 117 Å². The second-order valence-corrected chi connectivity index (χ2v) is 3.61. The second kappa shape index (κ2) is 5.76. The molecule has 0 aliphatic carbocycles. The van der Waals surface area contributed by atoms with E-state index in [-0.39, 0.29) is 22.9 Å². The minimum Gasteiger partial charge on any atom is -0.504 e. The van der Waals surface area contributed by atoms with Crippen molar-refractivity contribution in [2.24, 2.45) is 10.9 Å². The van der Waals surface area contributed by atoms with Crippen molar-refractivity contribution in [3.05, 3.63) is 23.8 Å². The van der Waals surface area contributed by atoms with Crippen LogP contribution in [0.2, 0.25) is 0 Å². The van der Waals surface area contributed by atoms with E-state index in [1.165, 1.54) is 25.3 Å². The van der Waals surface area contributed by atoms with Gasteiger partial charge in [0, 0.05) is 5.56 Å². The van der Waals surface area contributed by atoms with Crippen LogP contribution in [0.1, 0.15) is 17.3 Å². The minimum absolute atomic E-state index is 0.110. The third-order valence-electron chi connectivity index (χ3n) is 2.35. The molecule has 0 aliphatic rings. The highest BCUT2D eigenvalue weighted by molar-refractivity contribution is 5.98. The smallest absolute Gasteiger partial charge is 0.252 e. The second-order valence-electron chi connectivity index (χ2n) is 3.61. The Balaban J connectivity index is 2.82. The van der Waals surface area contributed by atoms with Gasteiger partial charge in [0.25, 0.3) is 5.91 Å². The van der Waals surface area contributed by atoms with E-state index in [1.54, 1.807) is 6.92 Å². The lowest BCUT2D eigenvalue weighted by atomic mass is 10.1. The van der Waals surface area contributed by atoms with Gasteiger partial charge in [0.15, 0.2) is 17.3 Å². The van der Waals surface area contributed by atoms with Gasteiger partial charge in [-0.25, -0.2) is 0 Å². The van der Waals surface area contributed by atoms with Crippen molar-refractivity contribution >= 4 is 11.7 Å². The van der Waals surface area contributed by atoms with Crippen LogP contribution in [0.5, 0.6) is 11.5 Å². The van der Waals surface area contributed by atoms with Crippen LogP contribution >= 0.6 is 0 Å². The van der Waals surface area contributed by atoms with E-state index >= 15 is 0 Å². The fourth-order valence-corrected chi connectivity index (χ4v) is 1.27. The average molecular weight is 253 g/mol. The van der Waals surface area contributed by atoms with Crippen LogP contribution in [0, 0.1) is 0 Å². The van der Waals surface area contributed by atoms with Crippen LogP contribution < -0.4 is 15.8 Å². The number of amides is 1. The number of ether oxygens (including phenoxy) is 1. The molecule has 1 unspecified atom stereocenters. The molecule has 1 aromatic carbocycles.